The number of hydrogen-bond donors (Lipinski definition) is 2. The Balaban J connectivity index is 0.00000840. The number of aromatic hydroxyl groups is 2. The average molecular weight is 632 g/mol. The molecule has 0 aliphatic carbocycles. The summed E-state index contributed by atoms with van der Waals surface area (Å²) < 4.78 is 81.6. The zero-order valence-electron chi connectivity index (χ0n) is 24.9. The van der Waals surface area contributed by atoms with Crippen molar-refractivity contribution in [1.29, 1.82) is 0 Å². The van der Waals surface area contributed by atoms with Crippen molar-refractivity contribution in [3.05, 3.63) is 57.6 Å². The fourth-order valence-corrected chi connectivity index (χ4v) is 3.76. The largest absolute Gasteiger partial charge is 0.507 e. The fourth-order valence-electron chi connectivity index (χ4n) is 3.76. The molecule has 11 heteroatoms. The van der Waals surface area contributed by atoms with E-state index in [2.05, 4.69) is 9.98 Å². The second-order valence-electron chi connectivity index (χ2n) is 13.1. The predicted molar refractivity (Wildman–Crippen MR) is 147 cm³/mol. The number of aliphatic imine (C=N–C) groups is 2. The summed E-state index contributed by atoms with van der Waals surface area (Å²) in [5.74, 6) is -0.657. The summed E-state index contributed by atoms with van der Waals surface area (Å²) in [5.41, 5.74) is -5.68. The van der Waals surface area contributed by atoms with E-state index in [1.54, 1.807) is 69.2 Å². The first-order valence-corrected chi connectivity index (χ1v) is 12.7. The summed E-state index contributed by atoms with van der Waals surface area (Å²) in [4.78, 5) is 8.89. The van der Waals surface area contributed by atoms with Gasteiger partial charge >= 0.3 is 12.4 Å². The maximum atomic E-state index is 13.6. The van der Waals surface area contributed by atoms with E-state index in [9.17, 15) is 36.6 Å². The van der Waals surface area contributed by atoms with Gasteiger partial charge in [0, 0.05) is 51.5 Å². The minimum atomic E-state index is -4.64. The zero-order chi connectivity index (χ0) is 31.3. The molecule has 0 unspecified atom stereocenters. The van der Waals surface area contributed by atoms with E-state index < -0.39 is 45.4 Å². The standard InChI is InChI=1S/C30H38F6N2O2.Co/c1-25(2,3)21-13-19(29(31,32)33)11-17(23(21)39)15-37-27(7,8)28(9,10)38-16-18-12-20(30(34,35)36)14-22(24(18)40)26(4,5)6;/h11-16,39-40H,1-10H3;. The number of rotatable bonds is 5. The Morgan fingerprint density at radius 1 is 0.537 bits per heavy atom. The van der Waals surface area contributed by atoms with Gasteiger partial charge in [0.2, 0.25) is 0 Å². The van der Waals surface area contributed by atoms with E-state index in [1.807, 2.05) is 0 Å². The molecule has 2 rings (SSSR count). The third-order valence-corrected chi connectivity index (χ3v) is 7.10. The van der Waals surface area contributed by atoms with Crippen LogP contribution in [0.5, 0.6) is 11.5 Å². The molecule has 41 heavy (non-hydrogen) atoms. The van der Waals surface area contributed by atoms with Gasteiger partial charge in [-0.3, -0.25) is 9.98 Å². The molecular weight excluding hydrogens is 593 g/mol. The third kappa shape index (κ3) is 8.50. The summed E-state index contributed by atoms with van der Waals surface area (Å²) in [6.07, 6.45) is -6.99. The molecule has 0 fully saturated rings. The maximum Gasteiger partial charge on any atom is 0.416 e. The molecule has 0 saturated carbocycles. The summed E-state index contributed by atoms with van der Waals surface area (Å²) >= 11 is 0. The Bertz CT molecular complexity index is 1210. The van der Waals surface area contributed by atoms with Gasteiger partial charge in [-0.1, -0.05) is 41.5 Å². The smallest absolute Gasteiger partial charge is 0.416 e. The van der Waals surface area contributed by atoms with Crippen LogP contribution >= 0.6 is 0 Å². The first kappa shape index (κ1) is 36.5. The van der Waals surface area contributed by atoms with Gasteiger partial charge in [-0.25, -0.2) is 0 Å². The summed E-state index contributed by atoms with van der Waals surface area (Å²) in [6, 6.07) is 3.46. The molecule has 1 radical (unpaired) electrons. The van der Waals surface area contributed by atoms with Crippen molar-refractivity contribution < 1.29 is 53.3 Å². The number of hydrogen-bond acceptors (Lipinski definition) is 4. The van der Waals surface area contributed by atoms with Gasteiger partial charge in [0.15, 0.2) is 0 Å². The Kier molecular flexibility index (Phi) is 10.3. The van der Waals surface area contributed by atoms with Gasteiger partial charge in [0.1, 0.15) is 11.5 Å². The predicted octanol–water partition coefficient (Wildman–Crippen LogP) is 8.82. The van der Waals surface area contributed by atoms with Gasteiger partial charge in [0.25, 0.3) is 0 Å². The van der Waals surface area contributed by atoms with Gasteiger partial charge in [-0.05, 0) is 62.8 Å². The van der Waals surface area contributed by atoms with Crippen LogP contribution in [0.2, 0.25) is 0 Å². The molecule has 2 N–H and O–H groups in total. The van der Waals surface area contributed by atoms with Crippen LogP contribution in [0.15, 0.2) is 34.3 Å². The van der Waals surface area contributed by atoms with Crippen molar-refractivity contribution in [2.75, 3.05) is 0 Å². The van der Waals surface area contributed by atoms with E-state index in [0.717, 1.165) is 36.7 Å². The Morgan fingerprint density at radius 3 is 1.02 bits per heavy atom. The van der Waals surface area contributed by atoms with E-state index in [4.69, 9.17) is 0 Å². The molecule has 0 bridgehead atoms. The van der Waals surface area contributed by atoms with Crippen LogP contribution in [0, 0.1) is 0 Å². The van der Waals surface area contributed by atoms with E-state index >= 15 is 0 Å². The van der Waals surface area contributed by atoms with E-state index in [-0.39, 0.29) is 50.5 Å². The second-order valence-corrected chi connectivity index (χ2v) is 13.1. The van der Waals surface area contributed by atoms with Crippen LogP contribution in [0.25, 0.3) is 0 Å². The number of nitrogens with zero attached hydrogens (tertiary/aromatic N) is 2. The molecule has 0 aliphatic heterocycles. The van der Waals surface area contributed by atoms with Crippen molar-refractivity contribution >= 4 is 12.4 Å². The topological polar surface area (TPSA) is 65.2 Å². The van der Waals surface area contributed by atoms with E-state index in [0.29, 0.717) is 0 Å². The number of phenols is 2. The van der Waals surface area contributed by atoms with Crippen LogP contribution in [0.3, 0.4) is 0 Å². The molecule has 231 valence electrons. The molecule has 0 saturated heterocycles. The van der Waals surface area contributed by atoms with Gasteiger partial charge < -0.3 is 10.2 Å². The second kappa shape index (κ2) is 11.6. The fraction of sp³-hybridized carbons (Fsp3) is 0.533. The Morgan fingerprint density at radius 2 is 0.805 bits per heavy atom. The molecule has 0 amide bonds. The molecule has 4 nitrogen and oxygen atoms in total. The molecule has 0 heterocycles. The molecule has 0 aromatic heterocycles. The van der Waals surface area contributed by atoms with Crippen LogP contribution in [0.4, 0.5) is 26.3 Å². The minimum Gasteiger partial charge on any atom is -0.507 e. The Labute approximate surface area is 248 Å². The van der Waals surface area contributed by atoms with Crippen molar-refractivity contribution in [2.45, 2.75) is 103 Å². The summed E-state index contributed by atoms with van der Waals surface area (Å²) in [5, 5.41) is 21.5. The van der Waals surface area contributed by atoms with Crippen LogP contribution in [0.1, 0.15) is 103 Å². The number of halogens is 6. The van der Waals surface area contributed by atoms with Crippen molar-refractivity contribution in [1.82, 2.24) is 0 Å². The molecular formula is C30H38CoF6N2O2. The quantitative estimate of drug-likeness (QED) is 0.256. The molecule has 0 atom stereocenters. The third-order valence-electron chi connectivity index (χ3n) is 7.10. The summed E-state index contributed by atoms with van der Waals surface area (Å²) in [7, 11) is 0. The van der Waals surface area contributed by atoms with Gasteiger partial charge in [-0.2, -0.15) is 26.3 Å². The minimum absolute atomic E-state index is 0. The molecule has 0 aliphatic rings. The van der Waals surface area contributed by atoms with Gasteiger partial charge in [0.05, 0.1) is 22.2 Å². The summed E-state index contributed by atoms with van der Waals surface area (Å²) in [6.45, 7) is 16.7. The SMILES string of the molecule is CC(C)(C)c1cc(C(F)(F)F)cc(C=NC(C)(C)C(C)(C)N=Cc2cc(C(F)(F)F)cc(C(C)(C)C)c2O)c1O.[Co]. The van der Waals surface area contributed by atoms with Crippen LogP contribution in [-0.2, 0) is 40.0 Å². The maximum absolute atomic E-state index is 13.6. The first-order chi connectivity index (χ1) is 17.7. The normalized spacial score (nSPS) is 14.1. The zero-order valence-corrected chi connectivity index (χ0v) is 25.9. The van der Waals surface area contributed by atoms with Crippen LogP contribution < -0.4 is 0 Å². The monoisotopic (exact) mass is 631 g/mol. The van der Waals surface area contributed by atoms with Gasteiger partial charge in [-0.15, -0.1) is 0 Å². The Hall–Kier alpha value is -2.53. The molecule has 0 spiro atoms. The number of phenolic OH excluding ortho intramolecular Hbond substituents is 2. The van der Waals surface area contributed by atoms with Crippen molar-refractivity contribution in [2.24, 2.45) is 9.98 Å². The first-order valence-electron chi connectivity index (χ1n) is 12.7. The molecule has 2 aromatic rings. The molecule has 2 aromatic carbocycles. The number of benzene rings is 2. The average Bonchev–Trinajstić information content (AvgIpc) is 2.74. The van der Waals surface area contributed by atoms with Crippen molar-refractivity contribution in [3.63, 3.8) is 0 Å². The van der Waals surface area contributed by atoms with Crippen LogP contribution in [-0.4, -0.2) is 33.7 Å². The van der Waals surface area contributed by atoms with Crippen molar-refractivity contribution in [3.8, 4) is 11.5 Å². The van der Waals surface area contributed by atoms with E-state index in [1.165, 1.54) is 0 Å². The number of alkyl halides is 6.